The lowest BCUT2D eigenvalue weighted by Crippen LogP contribution is -2.07. The molecule has 0 aliphatic carbocycles. The summed E-state index contributed by atoms with van der Waals surface area (Å²) in [6, 6.07) is 1.99. The lowest BCUT2D eigenvalue weighted by molar-refractivity contribution is 0.155. The van der Waals surface area contributed by atoms with Crippen molar-refractivity contribution >= 4 is 0 Å². The van der Waals surface area contributed by atoms with Gasteiger partial charge in [0.1, 0.15) is 0 Å². The minimum absolute atomic E-state index is 0.262. The molecular formula is C10H13NO3. The second-order valence-electron chi connectivity index (χ2n) is 3.38. The van der Waals surface area contributed by atoms with E-state index in [1.54, 1.807) is 0 Å². The SMILES string of the molecule is Cc1cc(CNO)c2c(c1C)OCO2. The molecule has 0 fully saturated rings. The fraction of sp³-hybridized carbons (Fsp3) is 0.400. The minimum Gasteiger partial charge on any atom is -0.453 e. The van der Waals surface area contributed by atoms with Gasteiger partial charge < -0.3 is 14.7 Å². The number of hydroxylamine groups is 1. The van der Waals surface area contributed by atoms with Gasteiger partial charge in [-0.05, 0) is 25.0 Å². The molecule has 0 amide bonds. The van der Waals surface area contributed by atoms with Gasteiger partial charge in [-0.1, -0.05) is 6.07 Å². The van der Waals surface area contributed by atoms with Crippen molar-refractivity contribution in [1.82, 2.24) is 5.48 Å². The first-order valence-electron chi connectivity index (χ1n) is 4.49. The van der Waals surface area contributed by atoms with Crippen molar-refractivity contribution in [1.29, 1.82) is 0 Å². The average Bonchev–Trinajstić information content (AvgIpc) is 2.63. The van der Waals surface area contributed by atoms with E-state index in [2.05, 4.69) is 5.48 Å². The lowest BCUT2D eigenvalue weighted by Gasteiger charge is -2.09. The van der Waals surface area contributed by atoms with E-state index in [1.165, 1.54) is 0 Å². The van der Waals surface area contributed by atoms with Gasteiger partial charge >= 0.3 is 0 Å². The predicted octanol–water partition coefficient (Wildman–Crippen LogP) is 1.51. The summed E-state index contributed by atoms with van der Waals surface area (Å²) < 4.78 is 10.7. The molecule has 76 valence electrons. The Kier molecular flexibility index (Phi) is 2.31. The predicted molar refractivity (Wildman–Crippen MR) is 50.7 cm³/mol. The molecule has 1 aliphatic heterocycles. The molecule has 0 saturated carbocycles. The first-order chi connectivity index (χ1) is 6.74. The van der Waals surface area contributed by atoms with Gasteiger partial charge in [-0.3, -0.25) is 0 Å². The van der Waals surface area contributed by atoms with Crippen molar-refractivity contribution in [2.45, 2.75) is 20.4 Å². The summed E-state index contributed by atoms with van der Waals surface area (Å²) in [5.41, 5.74) is 5.28. The van der Waals surface area contributed by atoms with Crippen LogP contribution in [0, 0.1) is 13.8 Å². The number of fused-ring (bicyclic) bond motifs is 1. The van der Waals surface area contributed by atoms with E-state index in [1.807, 2.05) is 19.9 Å². The number of ether oxygens (including phenoxy) is 2. The molecule has 0 saturated heterocycles. The van der Waals surface area contributed by atoms with Crippen LogP contribution in [0.25, 0.3) is 0 Å². The third-order valence-electron chi connectivity index (χ3n) is 2.50. The van der Waals surface area contributed by atoms with Gasteiger partial charge in [0, 0.05) is 12.1 Å². The highest BCUT2D eigenvalue weighted by Crippen LogP contribution is 2.40. The van der Waals surface area contributed by atoms with Crippen LogP contribution in [0.5, 0.6) is 11.5 Å². The third kappa shape index (κ3) is 1.32. The zero-order valence-corrected chi connectivity index (χ0v) is 8.26. The summed E-state index contributed by atoms with van der Waals surface area (Å²) in [7, 11) is 0. The van der Waals surface area contributed by atoms with Gasteiger partial charge in [0.2, 0.25) is 6.79 Å². The van der Waals surface area contributed by atoms with Gasteiger partial charge in [-0.25, -0.2) is 5.48 Å². The maximum atomic E-state index is 8.66. The van der Waals surface area contributed by atoms with Crippen LogP contribution in [-0.2, 0) is 6.54 Å². The van der Waals surface area contributed by atoms with Crippen molar-refractivity contribution in [3.05, 3.63) is 22.8 Å². The molecule has 0 aromatic heterocycles. The largest absolute Gasteiger partial charge is 0.453 e. The molecule has 0 atom stereocenters. The number of aryl methyl sites for hydroxylation is 1. The summed E-state index contributed by atoms with van der Waals surface area (Å²) in [5, 5.41) is 8.66. The zero-order valence-electron chi connectivity index (χ0n) is 8.26. The Hall–Kier alpha value is -1.26. The van der Waals surface area contributed by atoms with Crippen LogP contribution in [0.4, 0.5) is 0 Å². The highest BCUT2D eigenvalue weighted by atomic mass is 16.7. The second kappa shape index (κ2) is 3.48. The van der Waals surface area contributed by atoms with Gasteiger partial charge in [0.05, 0.1) is 0 Å². The molecular weight excluding hydrogens is 182 g/mol. The quantitative estimate of drug-likeness (QED) is 0.702. The first kappa shape index (κ1) is 9.30. The lowest BCUT2D eigenvalue weighted by atomic mass is 10.0. The molecule has 1 heterocycles. The number of nitrogens with one attached hydrogen (secondary N) is 1. The smallest absolute Gasteiger partial charge is 0.231 e. The number of hydrogen-bond donors (Lipinski definition) is 2. The van der Waals surface area contributed by atoms with Gasteiger partial charge in [-0.15, -0.1) is 0 Å². The van der Waals surface area contributed by atoms with E-state index in [0.29, 0.717) is 6.54 Å². The van der Waals surface area contributed by atoms with Crippen molar-refractivity contribution in [3.63, 3.8) is 0 Å². The van der Waals surface area contributed by atoms with Crippen LogP contribution < -0.4 is 15.0 Å². The van der Waals surface area contributed by atoms with Crippen LogP contribution in [0.2, 0.25) is 0 Å². The van der Waals surface area contributed by atoms with E-state index in [9.17, 15) is 0 Å². The molecule has 2 rings (SSSR count). The first-order valence-corrected chi connectivity index (χ1v) is 4.49. The Morgan fingerprint density at radius 3 is 2.79 bits per heavy atom. The zero-order chi connectivity index (χ0) is 10.1. The van der Waals surface area contributed by atoms with Gasteiger partial charge in [-0.2, -0.15) is 0 Å². The van der Waals surface area contributed by atoms with Crippen molar-refractivity contribution in [2.75, 3.05) is 6.79 Å². The Labute approximate surface area is 82.4 Å². The second-order valence-corrected chi connectivity index (χ2v) is 3.38. The summed E-state index contributed by atoms with van der Waals surface area (Å²) in [5.74, 6) is 1.55. The monoisotopic (exact) mass is 195 g/mol. The van der Waals surface area contributed by atoms with E-state index in [-0.39, 0.29) is 6.79 Å². The van der Waals surface area contributed by atoms with E-state index in [0.717, 1.165) is 28.2 Å². The highest BCUT2D eigenvalue weighted by molar-refractivity contribution is 5.56. The number of benzene rings is 1. The van der Waals surface area contributed by atoms with Crippen LogP contribution in [-0.4, -0.2) is 12.0 Å². The van der Waals surface area contributed by atoms with Gasteiger partial charge in [0.15, 0.2) is 11.5 Å². The molecule has 2 N–H and O–H groups in total. The van der Waals surface area contributed by atoms with E-state index in [4.69, 9.17) is 14.7 Å². The maximum absolute atomic E-state index is 8.66. The van der Waals surface area contributed by atoms with Crippen molar-refractivity contribution in [2.24, 2.45) is 0 Å². The van der Waals surface area contributed by atoms with Crippen LogP contribution >= 0.6 is 0 Å². The molecule has 4 nitrogen and oxygen atoms in total. The van der Waals surface area contributed by atoms with Crippen molar-refractivity contribution in [3.8, 4) is 11.5 Å². The highest BCUT2D eigenvalue weighted by Gasteiger charge is 2.21. The minimum atomic E-state index is 0.262. The normalized spacial score (nSPS) is 13.4. The Bertz CT molecular complexity index is 363. The Morgan fingerprint density at radius 1 is 1.36 bits per heavy atom. The van der Waals surface area contributed by atoms with Crippen LogP contribution in [0.3, 0.4) is 0 Å². The third-order valence-corrected chi connectivity index (χ3v) is 2.50. The molecule has 0 spiro atoms. The molecule has 4 heteroatoms. The standard InChI is InChI=1S/C10H13NO3/c1-6-3-8(4-11-12)10-9(7(6)2)13-5-14-10/h3,11-12H,4-5H2,1-2H3. The molecule has 1 aliphatic rings. The van der Waals surface area contributed by atoms with E-state index < -0.39 is 0 Å². The Morgan fingerprint density at radius 2 is 2.07 bits per heavy atom. The van der Waals surface area contributed by atoms with E-state index >= 15 is 0 Å². The fourth-order valence-corrected chi connectivity index (χ4v) is 1.63. The molecule has 0 radical (unpaired) electrons. The van der Waals surface area contributed by atoms with Gasteiger partial charge in [0.25, 0.3) is 0 Å². The summed E-state index contributed by atoms with van der Waals surface area (Å²) in [6.07, 6.45) is 0. The summed E-state index contributed by atoms with van der Waals surface area (Å²) in [6.45, 7) is 4.64. The van der Waals surface area contributed by atoms with Crippen LogP contribution in [0.1, 0.15) is 16.7 Å². The molecule has 0 bridgehead atoms. The van der Waals surface area contributed by atoms with Crippen LogP contribution in [0.15, 0.2) is 6.07 Å². The maximum Gasteiger partial charge on any atom is 0.231 e. The molecule has 0 unspecified atom stereocenters. The fourth-order valence-electron chi connectivity index (χ4n) is 1.63. The molecule has 1 aromatic carbocycles. The van der Waals surface area contributed by atoms with Crippen molar-refractivity contribution < 1.29 is 14.7 Å². The number of hydrogen-bond acceptors (Lipinski definition) is 4. The topological polar surface area (TPSA) is 50.7 Å². The summed E-state index contributed by atoms with van der Waals surface area (Å²) >= 11 is 0. The Balaban J connectivity index is 2.52. The molecule has 14 heavy (non-hydrogen) atoms. The number of rotatable bonds is 2. The molecule has 1 aromatic rings. The average molecular weight is 195 g/mol. The summed E-state index contributed by atoms with van der Waals surface area (Å²) in [4.78, 5) is 0.